The molecule has 0 aliphatic carbocycles. The zero-order valence-electron chi connectivity index (χ0n) is 11.2. The maximum Gasteiger partial charge on any atom is 0.198 e. The molecule has 3 heterocycles. The smallest absolute Gasteiger partial charge is 0.198 e. The van der Waals surface area contributed by atoms with Crippen LogP contribution in [0.4, 0.5) is 0 Å². The van der Waals surface area contributed by atoms with Crippen LogP contribution in [0.1, 0.15) is 30.3 Å². The van der Waals surface area contributed by atoms with Gasteiger partial charge in [-0.3, -0.25) is 4.90 Å². The van der Waals surface area contributed by atoms with Crippen molar-refractivity contribution < 1.29 is 0 Å². The lowest BCUT2D eigenvalue weighted by Gasteiger charge is -2.33. The first-order chi connectivity index (χ1) is 9.20. The van der Waals surface area contributed by atoms with E-state index in [2.05, 4.69) is 35.3 Å². The van der Waals surface area contributed by atoms with Gasteiger partial charge in [-0.1, -0.05) is 0 Å². The largest absolute Gasteiger partial charge is 0.307 e. The minimum absolute atomic E-state index is 0.448. The SMILES string of the molecule is CCn1cnn(CN2CCc3sccc3[C@@H]2C)c1=S. The zero-order valence-corrected chi connectivity index (χ0v) is 12.9. The molecule has 0 bridgehead atoms. The number of fused-ring (bicyclic) bond motifs is 1. The van der Waals surface area contributed by atoms with Gasteiger partial charge >= 0.3 is 0 Å². The summed E-state index contributed by atoms with van der Waals surface area (Å²) in [5.74, 6) is 0. The second-order valence-corrected chi connectivity index (χ2v) is 6.24. The van der Waals surface area contributed by atoms with E-state index in [0.717, 1.165) is 31.0 Å². The quantitative estimate of drug-likeness (QED) is 0.814. The van der Waals surface area contributed by atoms with E-state index >= 15 is 0 Å². The van der Waals surface area contributed by atoms with E-state index in [-0.39, 0.29) is 0 Å². The molecule has 4 nitrogen and oxygen atoms in total. The van der Waals surface area contributed by atoms with Crippen LogP contribution >= 0.6 is 23.6 Å². The molecule has 19 heavy (non-hydrogen) atoms. The van der Waals surface area contributed by atoms with Crippen LogP contribution in [0, 0.1) is 4.77 Å². The first-order valence-corrected chi connectivity index (χ1v) is 7.92. The molecule has 0 unspecified atom stereocenters. The topological polar surface area (TPSA) is 26.0 Å². The average molecular weight is 294 g/mol. The number of nitrogens with zero attached hydrogens (tertiary/aromatic N) is 4. The van der Waals surface area contributed by atoms with Gasteiger partial charge in [-0.25, -0.2) is 4.68 Å². The molecule has 1 aliphatic rings. The maximum atomic E-state index is 5.43. The van der Waals surface area contributed by atoms with Crippen molar-refractivity contribution in [3.63, 3.8) is 0 Å². The molecule has 2 aromatic rings. The minimum Gasteiger partial charge on any atom is -0.307 e. The van der Waals surface area contributed by atoms with Crippen LogP contribution in [-0.4, -0.2) is 25.8 Å². The molecule has 1 aliphatic heterocycles. The summed E-state index contributed by atoms with van der Waals surface area (Å²) in [6.07, 6.45) is 2.96. The monoisotopic (exact) mass is 294 g/mol. The summed E-state index contributed by atoms with van der Waals surface area (Å²) in [7, 11) is 0. The number of aryl methyl sites for hydroxylation is 1. The lowest BCUT2D eigenvalue weighted by Crippen LogP contribution is -2.35. The van der Waals surface area contributed by atoms with Gasteiger partial charge in [0.25, 0.3) is 0 Å². The van der Waals surface area contributed by atoms with Gasteiger partial charge < -0.3 is 4.57 Å². The third-order valence-electron chi connectivity index (χ3n) is 3.86. The highest BCUT2D eigenvalue weighted by Crippen LogP contribution is 2.32. The molecule has 0 fully saturated rings. The molecule has 0 N–H and O–H groups in total. The highest BCUT2D eigenvalue weighted by Gasteiger charge is 2.25. The third kappa shape index (κ3) is 2.28. The van der Waals surface area contributed by atoms with Crippen LogP contribution in [0.3, 0.4) is 0 Å². The summed E-state index contributed by atoms with van der Waals surface area (Å²) in [5, 5.41) is 6.59. The van der Waals surface area contributed by atoms with Crippen LogP contribution in [0.2, 0.25) is 0 Å². The van der Waals surface area contributed by atoms with Crippen LogP contribution in [0.15, 0.2) is 17.8 Å². The Morgan fingerprint density at radius 1 is 1.53 bits per heavy atom. The summed E-state index contributed by atoms with van der Waals surface area (Å²) >= 11 is 7.31. The first kappa shape index (κ1) is 13.0. The van der Waals surface area contributed by atoms with Gasteiger partial charge in [0.15, 0.2) is 4.77 Å². The molecule has 0 radical (unpaired) electrons. The fourth-order valence-electron chi connectivity index (χ4n) is 2.61. The molecule has 0 aromatic carbocycles. The third-order valence-corrected chi connectivity index (χ3v) is 5.30. The van der Waals surface area contributed by atoms with Crippen LogP contribution in [0.5, 0.6) is 0 Å². The molecule has 0 amide bonds. The van der Waals surface area contributed by atoms with E-state index in [1.54, 1.807) is 0 Å². The number of hydrogen-bond acceptors (Lipinski definition) is 4. The summed E-state index contributed by atoms with van der Waals surface area (Å²) in [6.45, 7) is 7.09. The molecule has 102 valence electrons. The lowest BCUT2D eigenvalue weighted by molar-refractivity contribution is 0.144. The van der Waals surface area contributed by atoms with Gasteiger partial charge in [0, 0.05) is 24.0 Å². The van der Waals surface area contributed by atoms with Gasteiger partial charge in [0.05, 0.1) is 6.67 Å². The maximum absolute atomic E-state index is 5.43. The summed E-state index contributed by atoms with van der Waals surface area (Å²) in [5.41, 5.74) is 1.47. The van der Waals surface area contributed by atoms with Gasteiger partial charge in [-0.2, -0.15) is 5.10 Å². The van der Waals surface area contributed by atoms with Gasteiger partial charge in [0.1, 0.15) is 6.33 Å². The van der Waals surface area contributed by atoms with Crippen molar-refractivity contribution in [2.45, 2.75) is 39.5 Å². The first-order valence-electron chi connectivity index (χ1n) is 6.63. The Morgan fingerprint density at radius 3 is 3.11 bits per heavy atom. The molecular weight excluding hydrogens is 276 g/mol. The Kier molecular flexibility index (Phi) is 3.56. The minimum atomic E-state index is 0.448. The van der Waals surface area contributed by atoms with Crippen LogP contribution < -0.4 is 0 Å². The Bertz CT molecular complexity index is 625. The predicted octanol–water partition coefficient (Wildman–Crippen LogP) is 3.07. The number of aromatic nitrogens is 3. The Balaban J connectivity index is 1.81. The molecule has 1 atom stereocenters. The molecule has 0 saturated carbocycles. The van der Waals surface area contributed by atoms with Crippen molar-refractivity contribution in [3.05, 3.63) is 33.0 Å². The molecular formula is C13H18N4S2. The zero-order chi connectivity index (χ0) is 13.4. The molecule has 0 saturated heterocycles. The highest BCUT2D eigenvalue weighted by molar-refractivity contribution is 7.71. The van der Waals surface area contributed by atoms with E-state index in [1.807, 2.05) is 26.9 Å². The van der Waals surface area contributed by atoms with Gasteiger partial charge in [-0.05, 0) is 49.5 Å². The van der Waals surface area contributed by atoms with Crippen molar-refractivity contribution in [3.8, 4) is 0 Å². The molecule has 0 spiro atoms. The molecule has 2 aromatic heterocycles. The predicted molar refractivity (Wildman–Crippen MR) is 79.9 cm³/mol. The van der Waals surface area contributed by atoms with E-state index in [9.17, 15) is 0 Å². The average Bonchev–Trinajstić information content (AvgIpc) is 3.01. The number of rotatable bonds is 3. The van der Waals surface area contributed by atoms with Crippen LogP contribution in [-0.2, 0) is 19.6 Å². The van der Waals surface area contributed by atoms with E-state index in [0.29, 0.717) is 6.04 Å². The lowest BCUT2D eigenvalue weighted by atomic mass is 10.0. The van der Waals surface area contributed by atoms with Gasteiger partial charge in [-0.15, -0.1) is 11.3 Å². The van der Waals surface area contributed by atoms with Gasteiger partial charge in [0.2, 0.25) is 0 Å². The van der Waals surface area contributed by atoms with Crippen molar-refractivity contribution in [1.82, 2.24) is 19.2 Å². The van der Waals surface area contributed by atoms with Crippen molar-refractivity contribution in [1.29, 1.82) is 0 Å². The Labute approximate surface area is 122 Å². The Hall–Kier alpha value is -0.980. The van der Waals surface area contributed by atoms with E-state index in [4.69, 9.17) is 12.2 Å². The summed E-state index contributed by atoms with van der Waals surface area (Å²) in [6, 6.07) is 2.70. The van der Waals surface area contributed by atoms with E-state index in [1.165, 1.54) is 10.4 Å². The second-order valence-electron chi connectivity index (χ2n) is 4.88. The summed E-state index contributed by atoms with van der Waals surface area (Å²) < 4.78 is 4.73. The number of hydrogen-bond donors (Lipinski definition) is 0. The fourth-order valence-corrected chi connectivity index (χ4v) is 3.86. The van der Waals surface area contributed by atoms with Crippen molar-refractivity contribution in [2.24, 2.45) is 0 Å². The highest BCUT2D eigenvalue weighted by atomic mass is 32.1. The number of thiophene rings is 1. The molecule has 6 heteroatoms. The van der Waals surface area contributed by atoms with Crippen molar-refractivity contribution >= 4 is 23.6 Å². The standard InChI is InChI=1S/C13H18N4S2/c1-3-15-8-14-17(13(15)18)9-16-6-4-12-11(10(16)2)5-7-19-12/h5,7-8,10H,3-4,6,9H2,1-2H3/t10-/m0/s1. The molecule has 3 rings (SSSR count). The second kappa shape index (κ2) is 5.19. The fraction of sp³-hybridized carbons (Fsp3) is 0.538. The van der Waals surface area contributed by atoms with Crippen LogP contribution in [0.25, 0.3) is 0 Å². The van der Waals surface area contributed by atoms with E-state index < -0.39 is 0 Å². The Morgan fingerprint density at radius 2 is 2.37 bits per heavy atom. The summed E-state index contributed by atoms with van der Waals surface area (Å²) in [4.78, 5) is 3.98. The van der Waals surface area contributed by atoms with Crippen molar-refractivity contribution in [2.75, 3.05) is 6.54 Å². The normalized spacial score (nSPS) is 19.6.